The van der Waals surface area contributed by atoms with E-state index in [4.69, 9.17) is 4.74 Å². The number of hydrogen-bond acceptors (Lipinski definition) is 4. The zero-order valence-electron chi connectivity index (χ0n) is 17.9. The van der Waals surface area contributed by atoms with Crippen LogP contribution < -0.4 is 9.64 Å². The van der Waals surface area contributed by atoms with Gasteiger partial charge in [0.2, 0.25) is 0 Å². The van der Waals surface area contributed by atoms with Gasteiger partial charge in [-0.15, -0.1) is 0 Å². The van der Waals surface area contributed by atoms with Crippen LogP contribution in [0.1, 0.15) is 29.2 Å². The molecule has 0 bridgehead atoms. The topological polar surface area (TPSA) is 71.3 Å². The van der Waals surface area contributed by atoms with E-state index in [0.29, 0.717) is 17.9 Å². The predicted molar refractivity (Wildman–Crippen MR) is 115 cm³/mol. The molecule has 0 aliphatic carbocycles. The largest absolute Gasteiger partial charge is 0.507 e. The van der Waals surface area contributed by atoms with Gasteiger partial charge in [-0.1, -0.05) is 42.0 Å². The van der Waals surface area contributed by atoms with Crippen LogP contribution in [0.15, 0.2) is 54.1 Å². The van der Waals surface area contributed by atoms with Gasteiger partial charge in [-0.25, -0.2) is 0 Å². The van der Waals surface area contributed by atoms with Crippen molar-refractivity contribution in [3.63, 3.8) is 0 Å². The lowest BCUT2D eigenvalue weighted by Crippen LogP contribution is -3.05. The molecular formula is C24H29N2O4+. The molecule has 2 aromatic carbocycles. The summed E-state index contributed by atoms with van der Waals surface area (Å²) < 4.78 is 5.24. The molecule has 3 rings (SSSR count). The van der Waals surface area contributed by atoms with E-state index in [1.807, 2.05) is 45.3 Å². The molecule has 1 atom stereocenters. The highest BCUT2D eigenvalue weighted by Gasteiger charge is 2.45. The van der Waals surface area contributed by atoms with Crippen LogP contribution >= 0.6 is 0 Å². The third-order valence-electron chi connectivity index (χ3n) is 5.35. The van der Waals surface area contributed by atoms with Crippen molar-refractivity contribution in [2.75, 3.05) is 34.3 Å². The average Bonchev–Trinajstić information content (AvgIpc) is 2.98. The Hall–Kier alpha value is -3.12. The Bertz CT molecular complexity index is 963. The lowest BCUT2D eigenvalue weighted by atomic mass is 9.94. The summed E-state index contributed by atoms with van der Waals surface area (Å²) in [5.41, 5.74) is 2.46. The molecule has 1 heterocycles. The van der Waals surface area contributed by atoms with Crippen molar-refractivity contribution < 1.29 is 24.3 Å². The molecule has 2 aromatic rings. The maximum absolute atomic E-state index is 13.0. The molecule has 0 spiro atoms. The number of amides is 1. The van der Waals surface area contributed by atoms with Gasteiger partial charge in [0.05, 0.1) is 39.4 Å². The van der Waals surface area contributed by atoms with Gasteiger partial charge in [0.1, 0.15) is 11.5 Å². The monoisotopic (exact) mass is 409 g/mol. The number of Topliss-reactive ketones (excluding diaryl/α,β-unsaturated/α-hetero) is 1. The number of nitrogens with one attached hydrogen (secondary N) is 1. The summed E-state index contributed by atoms with van der Waals surface area (Å²) in [7, 11) is 5.64. The highest BCUT2D eigenvalue weighted by molar-refractivity contribution is 6.46. The number of benzene rings is 2. The van der Waals surface area contributed by atoms with Crippen molar-refractivity contribution in [3.8, 4) is 5.75 Å². The van der Waals surface area contributed by atoms with E-state index in [1.165, 1.54) is 12.0 Å². The quantitative estimate of drug-likeness (QED) is 0.417. The molecule has 2 N–H and O–H groups in total. The third-order valence-corrected chi connectivity index (χ3v) is 5.35. The molecule has 1 amide bonds. The molecule has 1 aliphatic heterocycles. The molecule has 6 heteroatoms. The smallest absolute Gasteiger partial charge is 0.295 e. The van der Waals surface area contributed by atoms with Crippen LogP contribution in [0.4, 0.5) is 0 Å². The van der Waals surface area contributed by atoms with Crippen LogP contribution in [0.2, 0.25) is 0 Å². The normalized spacial score (nSPS) is 18.3. The molecule has 1 saturated heterocycles. The summed E-state index contributed by atoms with van der Waals surface area (Å²) in [5, 5.41) is 11.1. The van der Waals surface area contributed by atoms with E-state index in [2.05, 4.69) is 0 Å². The summed E-state index contributed by atoms with van der Waals surface area (Å²) in [6.07, 6.45) is 0.761. The Morgan fingerprint density at radius 2 is 1.83 bits per heavy atom. The fraction of sp³-hybridized carbons (Fsp3) is 0.333. The van der Waals surface area contributed by atoms with Crippen LogP contribution in [-0.4, -0.2) is 56.0 Å². The van der Waals surface area contributed by atoms with E-state index in [0.717, 1.165) is 24.1 Å². The predicted octanol–water partition coefficient (Wildman–Crippen LogP) is 1.96. The SMILES string of the molecule is COc1cccc(C(O)=C2C(=O)C(=O)N(CCC[NH+](C)C)[C@@H]2c2ccc(C)cc2)c1. The lowest BCUT2D eigenvalue weighted by molar-refractivity contribution is -0.858. The van der Waals surface area contributed by atoms with Gasteiger partial charge in [-0.2, -0.15) is 0 Å². The molecule has 0 unspecified atom stereocenters. The number of methoxy groups -OCH3 is 1. The van der Waals surface area contributed by atoms with Crippen molar-refractivity contribution in [2.24, 2.45) is 0 Å². The van der Waals surface area contributed by atoms with E-state index in [-0.39, 0.29) is 11.3 Å². The first-order chi connectivity index (χ1) is 14.3. The Morgan fingerprint density at radius 1 is 1.13 bits per heavy atom. The summed E-state index contributed by atoms with van der Waals surface area (Å²) in [5.74, 6) is -0.843. The zero-order valence-corrected chi connectivity index (χ0v) is 17.9. The molecule has 30 heavy (non-hydrogen) atoms. The Morgan fingerprint density at radius 3 is 2.47 bits per heavy atom. The van der Waals surface area contributed by atoms with Crippen LogP contribution in [-0.2, 0) is 9.59 Å². The van der Waals surface area contributed by atoms with Gasteiger partial charge >= 0.3 is 0 Å². The number of ketones is 1. The molecule has 1 aliphatic rings. The molecule has 0 saturated carbocycles. The van der Waals surface area contributed by atoms with E-state index in [1.54, 1.807) is 29.2 Å². The number of aliphatic hydroxyl groups is 1. The lowest BCUT2D eigenvalue weighted by Gasteiger charge is -2.25. The first-order valence-corrected chi connectivity index (χ1v) is 10.1. The van der Waals surface area contributed by atoms with Gasteiger partial charge in [0.15, 0.2) is 0 Å². The number of aliphatic hydroxyl groups excluding tert-OH is 1. The maximum atomic E-state index is 13.0. The Balaban J connectivity index is 2.09. The van der Waals surface area contributed by atoms with Crippen molar-refractivity contribution >= 4 is 17.4 Å². The average molecular weight is 410 g/mol. The zero-order chi connectivity index (χ0) is 21.8. The fourth-order valence-corrected chi connectivity index (χ4v) is 3.73. The van der Waals surface area contributed by atoms with Gasteiger partial charge in [0.25, 0.3) is 11.7 Å². The number of ether oxygens (including phenoxy) is 1. The minimum Gasteiger partial charge on any atom is -0.507 e. The fourth-order valence-electron chi connectivity index (χ4n) is 3.73. The number of carbonyl (C=O) groups is 2. The van der Waals surface area contributed by atoms with Crippen LogP contribution in [0.5, 0.6) is 5.75 Å². The number of rotatable bonds is 7. The van der Waals surface area contributed by atoms with Crippen molar-refractivity contribution in [1.82, 2.24) is 4.90 Å². The summed E-state index contributed by atoms with van der Waals surface area (Å²) in [4.78, 5) is 28.7. The summed E-state index contributed by atoms with van der Waals surface area (Å²) in [6, 6.07) is 14.0. The summed E-state index contributed by atoms with van der Waals surface area (Å²) >= 11 is 0. The first-order valence-electron chi connectivity index (χ1n) is 10.1. The van der Waals surface area contributed by atoms with Gasteiger partial charge in [-0.05, 0) is 24.6 Å². The number of quaternary nitrogens is 1. The van der Waals surface area contributed by atoms with Crippen molar-refractivity contribution in [2.45, 2.75) is 19.4 Å². The highest BCUT2D eigenvalue weighted by atomic mass is 16.5. The van der Waals surface area contributed by atoms with E-state index >= 15 is 0 Å². The molecule has 6 nitrogen and oxygen atoms in total. The number of likely N-dealkylation sites (tertiary alicyclic amines) is 1. The van der Waals surface area contributed by atoms with Crippen molar-refractivity contribution in [3.05, 3.63) is 70.8 Å². The second-order valence-electron chi connectivity index (χ2n) is 7.95. The minimum atomic E-state index is -0.655. The second kappa shape index (κ2) is 9.13. The maximum Gasteiger partial charge on any atom is 0.295 e. The molecule has 1 fully saturated rings. The number of hydrogen-bond donors (Lipinski definition) is 2. The van der Waals surface area contributed by atoms with Crippen molar-refractivity contribution in [1.29, 1.82) is 0 Å². The number of carbonyl (C=O) groups excluding carboxylic acids is 2. The van der Waals surface area contributed by atoms with Gasteiger partial charge in [-0.3, -0.25) is 9.59 Å². The molecule has 158 valence electrons. The van der Waals surface area contributed by atoms with Gasteiger partial charge < -0.3 is 19.6 Å². The standard InChI is InChI=1S/C24H28N2O4/c1-16-9-11-17(12-10-16)21-20(22(27)18-7-5-8-19(15-18)30-4)23(28)24(29)26(21)14-6-13-25(2)3/h5,7-12,15,21,27H,6,13-14H2,1-4H3/p+1/t21-/m1/s1. The van der Waals surface area contributed by atoms with E-state index < -0.39 is 17.7 Å². The van der Waals surface area contributed by atoms with Crippen LogP contribution in [0.25, 0.3) is 5.76 Å². The Labute approximate surface area is 177 Å². The summed E-state index contributed by atoms with van der Waals surface area (Å²) in [6.45, 7) is 3.31. The first kappa shape index (κ1) is 21.6. The van der Waals surface area contributed by atoms with Crippen LogP contribution in [0.3, 0.4) is 0 Å². The Kier molecular flexibility index (Phi) is 6.57. The van der Waals surface area contributed by atoms with E-state index in [9.17, 15) is 14.7 Å². The number of aryl methyl sites for hydroxylation is 1. The molecule has 0 radical (unpaired) electrons. The third kappa shape index (κ3) is 4.39. The number of nitrogens with zero attached hydrogens (tertiary/aromatic N) is 1. The van der Waals surface area contributed by atoms with Gasteiger partial charge in [0, 0.05) is 18.5 Å². The highest BCUT2D eigenvalue weighted by Crippen LogP contribution is 2.39. The second-order valence-corrected chi connectivity index (χ2v) is 7.95. The molecular weight excluding hydrogens is 380 g/mol. The molecule has 0 aromatic heterocycles. The van der Waals surface area contributed by atoms with Crippen LogP contribution in [0, 0.1) is 6.92 Å². The minimum absolute atomic E-state index is 0.120.